The molecule has 0 bridgehead atoms. The molecule has 1 N–H and O–H groups in total. The second kappa shape index (κ2) is 9.65. The lowest BCUT2D eigenvalue weighted by atomic mass is 9.78. The summed E-state index contributed by atoms with van der Waals surface area (Å²) in [5.41, 5.74) is 3.84. The number of rotatable bonds is 6. The largest absolute Gasteiger partial charge is 0.391 e. The van der Waals surface area contributed by atoms with E-state index in [1.165, 1.54) is 10.4 Å². The molecule has 2 amide bonds. The summed E-state index contributed by atoms with van der Waals surface area (Å²) in [6, 6.07) is 11.6. The Morgan fingerprint density at radius 1 is 1.22 bits per heavy atom. The van der Waals surface area contributed by atoms with E-state index in [2.05, 4.69) is 40.7 Å². The Bertz CT molecular complexity index is 1360. The van der Waals surface area contributed by atoms with Crippen molar-refractivity contribution in [3.05, 3.63) is 64.4 Å². The maximum atomic E-state index is 13.8. The highest BCUT2D eigenvalue weighted by molar-refractivity contribution is 7.13. The maximum absolute atomic E-state index is 13.8. The number of likely N-dealkylation sites (tertiary alicyclic amines) is 1. The van der Waals surface area contributed by atoms with Gasteiger partial charge in [-0.1, -0.05) is 43.3 Å². The summed E-state index contributed by atoms with van der Waals surface area (Å²) in [5.74, 6) is -0.366. The predicted octanol–water partition coefficient (Wildman–Crippen LogP) is 5.05. The highest BCUT2D eigenvalue weighted by atomic mass is 32.1. The fourth-order valence-corrected chi connectivity index (χ4v) is 6.56. The van der Waals surface area contributed by atoms with Crippen molar-refractivity contribution in [2.75, 3.05) is 6.54 Å². The van der Waals surface area contributed by atoms with Crippen LogP contribution in [0, 0.1) is 19.8 Å². The van der Waals surface area contributed by atoms with Gasteiger partial charge in [0.1, 0.15) is 11.7 Å². The number of aromatic nitrogens is 1. The van der Waals surface area contributed by atoms with Crippen LogP contribution in [0.2, 0.25) is 0 Å². The SMILES string of the molecule is Cc1cc([C@H](C(=O)N2C[C@H](O)C[C@@H]2C2=NC(=O)[C@](C)(c3ccc(-c4sccc4C)cc3)C2)C(C)C)on1. The van der Waals surface area contributed by atoms with Crippen molar-refractivity contribution < 1.29 is 19.2 Å². The van der Waals surface area contributed by atoms with Crippen LogP contribution in [-0.4, -0.2) is 51.4 Å². The van der Waals surface area contributed by atoms with E-state index >= 15 is 0 Å². The molecule has 3 aromatic rings. The van der Waals surface area contributed by atoms with Crippen LogP contribution in [0.4, 0.5) is 0 Å². The Hall–Kier alpha value is -3.10. The normalized spacial score (nSPS) is 24.7. The zero-order valence-corrected chi connectivity index (χ0v) is 22.7. The number of aliphatic hydroxyl groups is 1. The molecule has 0 unspecified atom stereocenters. The van der Waals surface area contributed by atoms with Crippen molar-refractivity contribution in [2.45, 2.75) is 70.9 Å². The molecule has 0 spiro atoms. The number of hydrogen-bond acceptors (Lipinski definition) is 6. The van der Waals surface area contributed by atoms with E-state index in [4.69, 9.17) is 4.52 Å². The van der Waals surface area contributed by atoms with E-state index in [9.17, 15) is 14.7 Å². The summed E-state index contributed by atoms with van der Waals surface area (Å²) in [7, 11) is 0. The lowest BCUT2D eigenvalue weighted by Crippen LogP contribution is -2.44. The maximum Gasteiger partial charge on any atom is 0.256 e. The third kappa shape index (κ3) is 4.57. The van der Waals surface area contributed by atoms with Gasteiger partial charge in [0.2, 0.25) is 5.91 Å². The van der Waals surface area contributed by atoms with Crippen molar-refractivity contribution in [2.24, 2.45) is 10.9 Å². The Labute approximate surface area is 221 Å². The fraction of sp³-hybridized carbons (Fsp3) is 0.448. The van der Waals surface area contributed by atoms with Crippen LogP contribution in [0.1, 0.15) is 62.1 Å². The summed E-state index contributed by atoms with van der Waals surface area (Å²) >= 11 is 1.70. The van der Waals surface area contributed by atoms with E-state index in [1.807, 2.05) is 39.8 Å². The van der Waals surface area contributed by atoms with Gasteiger partial charge in [0.05, 0.1) is 23.3 Å². The first-order valence-electron chi connectivity index (χ1n) is 12.8. The third-order valence-corrected chi connectivity index (χ3v) is 8.80. The van der Waals surface area contributed by atoms with E-state index in [0.717, 1.165) is 11.1 Å². The van der Waals surface area contributed by atoms with Crippen molar-refractivity contribution in [1.82, 2.24) is 10.1 Å². The van der Waals surface area contributed by atoms with Crippen LogP contribution in [-0.2, 0) is 15.0 Å². The van der Waals surface area contributed by atoms with Crippen LogP contribution in [0.15, 0.2) is 51.3 Å². The molecule has 0 aliphatic carbocycles. The smallest absolute Gasteiger partial charge is 0.256 e. The molecule has 0 saturated carbocycles. The lowest BCUT2D eigenvalue weighted by Gasteiger charge is -2.30. The summed E-state index contributed by atoms with van der Waals surface area (Å²) in [6.07, 6.45) is 0.110. The fourth-order valence-electron chi connectivity index (χ4n) is 5.62. The average molecular weight is 520 g/mol. The van der Waals surface area contributed by atoms with E-state index < -0.39 is 23.5 Å². The Morgan fingerprint density at radius 3 is 2.54 bits per heavy atom. The monoisotopic (exact) mass is 519 g/mol. The molecule has 1 fully saturated rings. The van der Waals surface area contributed by atoms with Gasteiger partial charge in [-0.05, 0) is 54.8 Å². The van der Waals surface area contributed by atoms with E-state index in [1.54, 1.807) is 22.3 Å². The second-order valence-electron chi connectivity index (χ2n) is 10.9. The molecule has 0 radical (unpaired) electrons. The van der Waals surface area contributed by atoms with Crippen molar-refractivity contribution >= 4 is 28.9 Å². The number of aryl methyl sites for hydroxylation is 2. The summed E-state index contributed by atoms with van der Waals surface area (Å²) < 4.78 is 5.46. The standard InChI is InChI=1S/C29H33N3O4S/c1-16(2)25(24-12-18(4)31-36-24)27(34)32-15-21(33)13-23(32)22-14-29(5,28(35)30-22)20-8-6-19(7-9-20)26-17(3)10-11-37-26/h6-12,16,21,23,25,33H,13-15H2,1-5H3/t21-,23-,25-,29+/m1/s1. The molecule has 2 aromatic heterocycles. The average Bonchev–Trinajstić information content (AvgIpc) is 3.62. The predicted molar refractivity (Wildman–Crippen MR) is 144 cm³/mol. The lowest BCUT2D eigenvalue weighted by molar-refractivity contribution is -0.134. The van der Waals surface area contributed by atoms with Gasteiger partial charge < -0.3 is 14.5 Å². The van der Waals surface area contributed by atoms with Crippen molar-refractivity contribution in [3.8, 4) is 10.4 Å². The number of thiophene rings is 1. The zero-order valence-electron chi connectivity index (χ0n) is 21.9. The van der Waals surface area contributed by atoms with Crippen LogP contribution in [0.25, 0.3) is 10.4 Å². The number of carbonyl (C=O) groups is 2. The van der Waals surface area contributed by atoms with Gasteiger partial charge >= 0.3 is 0 Å². The molecular formula is C29H33N3O4S. The molecule has 2 aliphatic heterocycles. The molecule has 2 aliphatic rings. The highest BCUT2D eigenvalue weighted by Gasteiger charge is 2.48. The number of nitrogens with zero attached hydrogens (tertiary/aromatic N) is 3. The number of hydrogen-bond donors (Lipinski definition) is 1. The zero-order chi connectivity index (χ0) is 26.5. The Kier molecular flexibility index (Phi) is 6.66. The highest BCUT2D eigenvalue weighted by Crippen LogP contribution is 2.40. The molecule has 194 valence electrons. The summed E-state index contributed by atoms with van der Waals surface area (Å²) in [4.78, 5) is 34.5. The van der Waals surface area contributed by atoms with Gasteiger partial charge in [-0.2, -0.15) is 0 Å². The number of aliphatic imine (C=N–C) groups is 1. The van der Waals surface area contributed by atoms with Gasteiger partial charge in [-0.25, -0.2) is 4.99 Å². The molecule has 4 heterocycles. The summed E-state index contributed by atoms with van der Waals surface area (Å²) in [5, 5.41) is 16.6. The molecule has 37 heavy (non-hydrogen) atoms. The minimum absolute atomic E-state index is 0.0267. The molecule has 7 nitrogen and oxygen atoms in total. The second-order valence-corrected chi connectivity index (χ2v) is 11.8. The van der Waals surface area contributed by atoms with E-state index in [-0.39, 0.29) is 24.3 Å². The first kappa shape index (κ1) is 25.5. The number of aliphatic hydroxyl groups excluding tert-OH is 1. The van der Waals surface area contributed by atoms with Crippen molar-refractivity contribution in [1.29, 1.82) is 0 Å². The van der Waals surface area contributed by atoms with Crippen LogP contribution in [0.5, 0.6) is 0 Å². The van der Waals surface area contributed by atoms with E-state index in [0.29, 0.717) is 30.0 Å². The van der Waals surface area contributed by atoms with Gasteiger partial charge in [0.25, 0.3) is 5.91 Å². The number of amides is 2. The van der Waals surface area contributed by atoms with Gasteiger partial charge in [0, 0.05) is 36.0 Å². The quantitative estimate of drug-likeness (QED) is 0.492. The third-order valence-electron chi connectivity index (χ3n) is 7.73. The van der Waals surface area contributed by atoms with Gasteiger partial charge in [-0.15, -0.1) is 11.3 Å². The van der Waals surface area contributed by atoms with Crippen LogP contribution >= 0.6 is 11.3 Å². The molecule has 5 rings (SSSR count). The molecule has 8 heteroatoms. The Morgan fingerprint density at radius 2 is 1.95 bits per heavy atom. The molecule has 1 saturated heterocycles. The minimum Gasteiger partial charge on any atom is -0.391 e. The minimum atomic E-state index is -0.805. The Balaban J connectivity index is 1.39. The van der Waals surface area contributed by atoms with Crippen LogP contribution in [0.3, 0.4) is 0 Å². The van der Waals surface area contributed by atoms with Crippen LogP contribution < -0.4 is 0 Å². The molecule has 1 aromatic carbocycles. The van der Waals surface area contributed by atoms with Crippen molar-refractivity contribution in [3.63, 3.8) is 0 Å². The number of carbonyl (C=O) groups excluding carboxylic acids is 2. The molecule has 4 atom stereocenters. The number of β-amino-alcohol motifs (C(OH)–C–C–N with tert-alkyl or cyclic N) is 1. The molecular weight excluding hydrogens is 486 g/mol. The van der Waals surface area contributed by atoms with Gasteiger partial charge in [-0.3, -0.25) is 9.59 Å². The summed E-state index contributed by atoms with van der Waals surface area (Å²) in [6.45, 7) is 9.98. The first-order valence-corrected chi connectivity index (χ1v) is 13.6. The first-order chi connectivity index (χ1) is 17.6. The van der Waals surface area contributed by atoms with Gasteiger partial charge in [0.15, 0.2) is 0 Å². The number of benzene rings is 1. The topological polar surface area (TPSA) is 96.0 Å².